The number of guanidine groups is 2. The fourth-order valence-electron chi connectivity index (χ4n) is 6.93. The van der Waals surface area contributed by atoms with Crippen LogP contribution in [-0.4, -0.2) is 40.6 Å². The van der Waals surface area contributed by atoms with E-state index in [0.29, 0.717) is 12.1 Å². The van der Waals surface area contributed by atoms with Gasteiger partial charge in [-0.15, -0.1) is 11.3 Å². The van der Waals surface area contributed by atoms with E-state index in [1.807, 2.05) is 117 Å². The van der Waals surface area contributed by atoms with Gasteiger partial charge in [0.1, 0.15) is 5.54 Å². The molecule has 9 nitrogen and oxygen atoms in total. The van der Waals surface area contributed by atoms with Gasteiger partial charge in [0.25, 0.3) is 5.91 Å². The molecule has 0 bridgehead atoms. The summed E-state index contributed by atoms with van der Waals surface area (Å²) in [4.78, 5) is 39.9. The van der Waals surface area contributed by atoms with Crippen LogP contribution in [0.15, 0.2) is 131 Å². The Morgan fingerprint density at radius 1 is 0.830 bits per heavy atom. The molecule has 0 saturated heterocycles. The minimum Gasteiger partial charge on any atom is -0.369 e. The molecule has 5 aromatic rings. The summed E-state index contributed by atoms with van der Waals surface area (Å²) in [6.07, 6.45) is 1.66. The minimum atomic E-state index is -1.14. The molecule has 4 aromatic carbocycles. The van der Waals surface area contributed by atoms with Gasteiger partial charge in [-0.05, 0) is 71.7 Å². The second-order valence-electron chi connectivity index (χ2n) is 13.5. The smallest absolute Gasteiger partial charge is 0.266 e. The van der Waals surface area contributed by atoms with Crippen LogP contribution in [0.2, 0.25) is 0 Å². The molecular weight excluding hydrogens is 679 g/mol. The number of nitrogens with two attached hydrogens (primary N) is 2. The van der Waals surface area contributed by atoms with Crippen molar-refractivity contribution in [2.75, 3.05) is 7.05 Å². The van der Waals surface area contributed by atoms with Gasteiger partial charge < -0.3 is 11.5 Å². The van der Waals surface area contributed by atoms with Crippen LogP contribution >= 0.6 is 11.3 Å². The molecule has 0 fully saturated rings. The van der Waals surface area contributed by atoms with Crippen molar-refractivity contribution >= 4 is 35.1 Å². The van der Waals surface area contributed by atoms with Gasteiger partial charge in [-0.2, -0.15) is 5.26 Å². The number of nitrogens with zero attached hydrogens (tertiary/aromatic N) is 5. The van der Waals surface area contributed by atoms with Gasteiger partial charge in [0.15, 0.2) is 17.5 Å². The van der Waals surface area contributed by atoms with Crippen LogP contribution in [-0.2, 0) is 27.2 Å². The number of hydrogen-bond acceptors (Lipinski definition) is 8. The second kappa shape index (κ2) is 15.3. The lowest BCUT2D eigenvalue weighted by Gasteiger charge is -2.39. The molecule has 0 aliphatic carbocycles. The van der Waals surface area contributed by atoms with Gasteiger partial charge >= 0.3 is 0 Å². The van der Waals surface area contributed by atoms with Crippen LogP contribution in [0, 0.1) is 24.2 Å². The molecule has 2 amide bonds. The fraction of sp³-hybridized carbons (Fsp3) is 0.233. The number of carbonyl (C=O) groups excluding carboxylic acids is 2. The van der Waals surface area contributed by atoms with Crippen molar-refractivity contribution in [3.05, 3.63) is 153 Å². The number of amides is 2. The molecule has 7 rings (SSSR count). The average Bonchev–Trinajstić information content (AvgIpc) is 3.78. The number of aliphatic imine (C=N–C) groups is 2. The van der Waals surface area contributed by atoms with Crippen molar-refractivity contribution in [2.45, 2.75) is 51.2 Å². The second-order valence-corrected chi connectivity index (χ2v) is 14.4. The Bertz CT molecular complexity index is 2170. The average molecular weight is 722 g/mol. The third kappa shape index (κ3) is 7.08. The maximum Gasteiger partial charge on any atom is 0.266 e. The largest absolute Gasteiger partial charge is 0.369 e. The number of carbonyl (C=O) groups is 2. The molecule has 2 atom stereocenters. The predicted molar refractivity (Wildman–Crippen MR) is 212 cm³/mol. The lowest BCUT2D eigenvalue weighted by atomic mass is 9.79. The summed E-state index contributed by atoms with van der Waals surface area (Å²) in [5, 5.41) is 11.2. The Kier molecular flexibility index (Phi) is 10.6. The molecule has 0 saturated carbocycles. The van der Waals surface area contributed by atoms with Crippen molar-refractivity contribution in [1.82, 2.24) is 9.80 Å². The van der Waals surface area contributed by atoms with Crippen LogP contribution < -0.4 is 11.5 Å². The van der Waals surface area contributed by atoms with Crippen molar-refractivity contribution < 1.29 is 9.59 Å². The number of benzene rings is 4. The number of nitriles is 1. The van der Waals surface area contributed by atoms with Crippen molar-refractivity contribution in [1.29, 1.82) is 5.26 Å². The zero-order valence-electron chi connectivity index (χ0n) is 30.4. The number of hydrogen-bond donors (Lipinski definition) is 2. The van der Waals surface area contributed by atoms with Crippen molar-refractivity contribution in [3.8, 4) is 17.2 Å². The third-order valence-electron chi connectivity index (χ3n) is 9.96. The molecule has 10 heteroatoms. The first-order valence-corrected chi connectivity index (χ1v) is 18.5. The van der Waals surface area contributed by atoms with Gasteiger partial charge in [-0.1, -0.05) is 116 Å². The molecule has 0 radical (unpaired) electrons. The van der Waals surface area contributed by atoms with Crippen LogP contribution in [0.3, 0.4) is 0 Å². The first-order valence-electron chi connectivity index (χ1n) is 17.6. The standard InChI is InChI=1S/C23H21N3O.C20H22N4OS/c1-17-12-14-18(15-13-17)16-26-21(27)23(25-22(26)24,19-8-4-2-5-9-19)20-10-6-3-7-11-20;1-4-6-16-18(25)24(3)19(22)23-20(16,2)17-10-15(12-26-17)14-8-5-7-13(9-14)11-21/h2-15H,16H2,1H3,(H2,24,25);5,7-10,12,16H,4,6H2,1-3H3,(H2,22,23)/t;16-,20-/m.0/s1. The molecule has 3 heterocycles. The summed E-state index contributed by atoms with van der Waals surface area (Å²) >= 11 is 1.58. The molecular formula is C43H43N7O2S. The topological polar surface area (TPSA) is 141 Å². The van der Waals surface area contributed by atoms with Gasteiger partial charge in [0.05, 0.1) is 24.1 Å². The number of aryl methyl sites for hydroxylation is 1. The van der Waals surface area contributed by atoms with E-state index in [2.05, 4.69) is 24.4 Å². The highest BCUT2D eigenvalue weighted by Gasteiger charge is 2.50. The van der Waals surface area contributed by atoms with E-state index in [1.54, 1.807) is 29.4 Å². The lowest BCUT2D eigenvalue weighted by molar-refractivity contribution is -0.134. The SMILES string of the molecule is CCC[C@H]1C(=O)N(C)C(N)=N[C@]1(C)c1cc(-c2cccc(C#N)c2)cs1.Cc1ccc(CN2C(=O)C(c3ccccc3)(c3ccccc3)N=C2N)cc1. The Labute approximate surface area is 314 Å². The molecule has 2 aliphatic heterocycles. The Morgan fingerprint density at radius 3 is 2.08 bits per heavy atom. The Hall–Kier alpha value is -6.05. The molecule has 1 aromatic heterocycles. The summed E-state index contributed by atoms with van der Waals surface area (Å²) in [6, 6.07) is 39.1. The molecule has 53 heavy (non-hydrogen) atoms. The van der Waals surface area contributed by atoms with Gasteiger partial charge in [-0.3, -0.25) is 19.4 Å². The Balaban J connectivity index is 0.000000182. The summed E-state index contributed by atoms with van der Waals surface area (Å²) in [5.74, 6) is 0.155. The molecule has 4 N–H and O–H groups in total. The minimum absolute atomic E-state index is 0.0169. The maximum absolute atomic E-state index is 13.6. The van der Waals surface area contributed by atoms with E-state index in [1.165, 1.54) is 10.5 Å². The van der Waals surface area contributed by atoms with Crippen LogP contribution in [0.4, 0.5) is 0 Å². The summed E-state index contributed by atoms with van der Waals surface area (Å²) in [6.45, 7) is 6.50. The van der Waals surface area contributed by atoms with Crippen LogP contribution in [0.1, 0.15) is 59.4 Å². The zero-order valence-corrected chi connectivity index (χ0v) is 31.2. The van der Waals surface area contributed by atoms with E-state index in [-0.39, 0.29) is 29.7 Å². The highest BCUT2D eigenvalue weighted by molar-refractivity contribution is 7.10. The predicted octanol–water partition coefficient (Wildman–Crippen LogP) is 7.30. The molecule has 0 spiro atoms. The van der Waals surface area contributed by atoms with Gasteiger partial charge in [-0.25, -0.2) is 9.98 Å². The van der Waals surface area contributed by atoms with E-state index < -0.39 is 11.1 Å². The van der Waals surface area contributed by atoms with E-state index >= 15 is 0 Å². The highest BCUT2D eigenvalue weighted by Crippen LogP contribution is 2.44. The first-order chi connectivity index (χ1) is 25.5. The number of rotatable bonds is 8. The third-order valence-corrected chi connectivity index (χ3v) is 11.1. The van der Waals surface area contributed by atoms with Crippen LogP contribution in [0.25, 0.3) is 11.1 Å². The highest BCUT2D eigenvalue weighted by atomic mass is 32.1. The quantitative estimate of drug-likeness (QED) is 0.173. The van der Waals surface area contributed by atoms with Gasteiger partial charge in [0.2, 0.25) is 5.91 Å². The molecule has 2 aliphatic rings. The summed E-state index contributed by atoms with van der Waals surface area (Å²) in [5.41, 5.74) is 16.9. The fourth-order valence-corrected chi connectivity index (χ4v) is 8.01. The summed E-state index contributed by atoms with van der Waals surface area (Å²) in [7, 11) is 1.68. The van der Waals surface area contributed by atoms with Crippen LogP contribution in [0.5, 0.6) is 0 Å². The first kappa shape index (κ1) is 36.7. The Morgan fingerprint density at radius 2 is 1.47 bits per heavy atom. The monoisotopic (exact) mass is 721 g/mol. The zero-order chi connectivity index (χ0) is 37.8. The van der Waals surface area contributed by atoms with E-state index in [4.69, 9.17) is 26.7 Å². The maximum atomic E-state index is 13.6. The van der Waals surface area contributed by atoms with Gasteiger partial charge in [0, 0.05) is 11.9 Å². The number of thiophene rings is 1. The van der Waals surface area contributed by atoms with E-state index in [0.717, 1.165) is 45.5 Å². The lowest BCUT2D eigenvalue weighted by Crippen LogP contribution is -2.53. The normalized spacial score (nSPS) is 19.2. The molecule has 268 valence electrons. The van der Waals surface area contributed by atoms with E-state index in [9.17, 15) is 9.59 Å². The molecule has 0 unspecified atom stereocenters. The van der Waals surface area contributed by atoms with Crippen molar-refractivity contribution in [3.63, 3.8) is 0 Å². The van der Waals surface area contributed by atoms with Crippen molar-refractivity contribution in [2.24, 2.45) is 27.4 Å². The summed E-state index contributed by atoms with van der Waals surface area (Å²) < 4.78 is 0.